The molecule has 118 valence electrons. The Balaban J connectivity index is 2.68. The summed E-state index contributed by atoms with van der Waals surface area (Å²) in [7, 11) is 3.41. The minimum atomic E-state index is -0.252. The second-order valence-corrected chi connectivity index (χ2v) is 5.36. The molecule has 0 saturated carbocycles. The van der Waals surface area contributed by atoms with Crippen molar-refractivity contribution in [3.63, 3.8) is 0 Å². The fourth-order valence-electron chi connectivity index (χ4n) is 2.22. The first-order chi connectivity index (χ1) is 9.99. The van der Waals surface area contributed by atoms with Crippen LogP contribution in [-0.2, 0) is 11.3 Å². The second kappa shape index (κ2) is 8.62. The van der Waals surface area contributed by atoms with Gasteiger partial charge in [0.15, 0.2) is 0 Å². The molecular weight excluding hydrogens is 269 g/mol. The van der Waals surface area contributed by atoms with Crippen LogP contribution < -0.4 is 15.5 Å². The average Bonchev–Trinajstić information content (AvgIpc) is 2.46. The molecule has 5 heteroatoms. The number of amides is 1. The zero-order chi connectivity index (χ0) is 15.8. The van der Waals surface area contributed by atoms with E-state index < -0.39 is 0 Å². The third-order valence-corrected chi connectivity index (χ3v) is 3.42. The number of anilines is 1. The number of nitrogens with one attached hydrogen (secondary N) is 2. The maximum atomic E-state index is 14.2. The van der Waals surface area contributed by atoms with Crippen LogP contribution in [0.1, 0.15) is 25.8 Å². The SMILES string of the molecule is CCCNCc1ccc(N(C)CC(C)C(=O)NC)c(F)c1. The standard InChI is InChI=1S/C16H26FN3O/c1-5-8-19-10-13-6-7-15(14(17)9-13)20(4)11-12(2)16(21)18-3/h6-7,9,12,19H,5,8,10-11H2,1-4H3,(H,18,21). The lowest BCUT2D eigenvalue weighted by atomic mass is 10.1. The van der Waals surface area contributed by atoms with Crippen molar-refractivity contribution in [2.45, 2.75) is 26.8 Å². The van der Waals surface area contributed by atoms with Crippen LogP contribution in [0.15, 0.2) is 18.2 Å². The van der Waals surface area contributed by atoms with Crippen LogP contribution >= 0.6 is 0 Å². The number of benzene rings is 1. The van der Waals surface area contributed by atoms with Crippen LogP contribution in [0.4, 0.5) is 10.1 Å². The van der Waals surface area contributed by atoms with Gasteiger partial charge in [-0.25, -0.2) is 4.39 Å². The van der Waals surface area contributed by atoms with Crippen molar-refractivity contribution < 1.29 is 9.18 Å². The van der Waals surface area contributed by atoms with Crippen molar-refractivity contribution >= 4 is 11.6 Å². The highest BCUT2D eigenvalue weighted by molar-refractivity contribution is 5.78. The molecule has 0 heterocycles. The number of carbonyl (C=O) groups is 1. The molecule has 0 aliphatic rings. The summed E-state index contributed by atoms with van der Waals surface area (Å²) in [6.45, 7) is 6.00. The van der Waals surface area contributed by atoms with Crippen LogP contribution in [0.3, 0.4) is 0 Å². The highest BCUT2D eigenvalue weighted by Gasteiger charge is 2.16. The summed E-state index contributed by atoms with van der Waals surface area (Å²) in [5.74, 6) is -0.481. The maximum absolute atomic E-state index is 14.2. The van der Waals surface area contributed by atoms with Crippen molar-refractivity contribution in [1.82, 2.24) is 10.6 Å². The zero-order valence-corrected chi connectivity index (χ0v) is 13.4. The molecule has 4 nitrogen and oxygen atoms in total. The Morgan fingerprint density at radius 3 is 2.71 bits per heavy atom. The topological polar surface area (TPSA) is 44.4 Å². The zero-order valence-electron chi connectivity index (χ0n) is 13.4. The van der Waals surface area contributed by atoms with Gasteiger partial charge < -0.3 is 15.5 Å². The van der Waals surface area contributed by atoms with Crippen molar-refractivity contribution in [3.05, 3.63) is 29.6 Å². The summed E-state index contributed by atoms with van der Waals surface area (Å²) < 4.78 is 14.2. The maximum Gasteiger partial charge on any atom is 0.224 e. The third kappa shape index (κ3) is 5.34. The lowest BCUT2D eigenvalue weighted by Gasteiger charge is -2.23. The van der Waals surface area contributed by atoms with Crippen LogP contribution in [-0.4, -0.2) is 33.1 Å². The molecule has 0 aliphatic heterocycles. The van der Waals surface area contributed by atoms with Gasteiger partial charge in [-0.05, 0) is 30.7 Å². The van der Waals surface area contributed by atoms with Crippen LogP contribution in [0, 0.1) is 11.7 Å². The first-order valence-electron chi connectivity index (χ1n) is 7.41. The molecule has 0 fully saturated rings. The number of hydrogen-bond donors (Lipinski definition) is 2. The van der Waals surface area contributed by atoms with Crippen LogP contribution in [0.2, 0.25) is 0 Å². The summed E-state index contributed by atoms with van der Waals surface area (Å²) in [5.41, 5.74) is 1.45. The molecule has 0 spiro atoms. The Hall–Kier alpha value is -1.62. The minimum absolute atomic E-state index is 0.0392. The summed E-state index contributed by atoms with van der Waals surface area (Å²) in [4.78, 5) is 13.3. The van der Waals surface area contributed by atoms with Gasteiger partial charge in [0.1, 0.15) is 5.82 Å². The fourth-order valence-corrected chi connectivity index (χ4v) is 2.22. The Bertz CT molecular complexity index is 465. The molecule has 1 unspecified atom stereocenters. The van der Waals surface area contributed by atoms with E-state index in [1.807, 2.05) is 13.0 Å². The lowest BCUT2D eigenvalue weighted by Crippen LogP contribution is -2.34. The molecule has 0 aliphatic carbocycles. The quantitative estimate of drug-likeness (QED) is 0.722. The van der Waals surface area contributed by atoms with E-state index in [0.29, 0.717) is 18.8 Å². The van der Waals surface area contributed by atoms with Gasteiger partial charge in [-0.2, -0.15) is 0 Å². The van der Waals surface area contributed by atoms with Gasteiger partial charge in [0.2, 0.25) is 5.91 Å². The number of rotatable bonds is 8. The highest BCUT2D eigenvalue weighted by atomic mass is 19.1. The van der Waals surface area contributed by atoms with E-state index in [4.69, 9.17) is 0 Å². The van der Waals surface area contributed by atoms with E-state index in [9.17, 15) is 9.18 Å². The van der Waals surface area contributed by atoms with E-state index in [1.54, 1.807) is 31.1 Å². The van der Waals surface area contributed by atoms with E-state index in [0.717, 1.165) is 18.5 Å². The first kappa shape index (κ1) is 17.4. The van der Waals surface area contributed by atoms with Crippen molar-refractivity contribution in [1.29, 1.82) is 0 Å². The summed E-state index contributed by atoms with van der Waals surface area (Å²) >= 11 is 0. The highest BCUT2D eigenvalue weighted by Crippen LogP contribution is 2.20. The average molecular weight is 295 g/mol. The van der Waals surface area contributed by atoms with Crippen LogP contribution in [0.5, 0.6) is 0 Å². The summed E-state index contributed by atoms with van der Waals surface area (Å²) in [5, 5.41) is 5.86. The summed E-state index contributed by atoms with van der Waals surface area (Å²) in [6, 6.07) is 5.25. The van der Waals surface area contributed by atoms with E-state index in [-0.39, 0.29) is 17.6 Å². The Labute approximate surface area is 126 Å². The van der Waals surface area contributed by atoms with E-state index in [1.165, 1.54) is 0 Å². The Morgan fingerprint density at radius 1 is 1.43 bits per heavy atom. The van der Waals surface area contributed by atoms with Crippen molar-refractivity contribution in [2.75, 3.05) is 32.1 Å². The van der Waals surface area contributed by atoms with Crippen LogP contribution in [0.25, 0.3) is 0 Å². The van der Waals surface area contributed by atoms with Gasteiger partial charge in [-0.3, -0.25) is 4.79 Å². The van der Waals surface area contributed by atoms with Crippen molar-refractivity contribution in [2.24, 2.45) is 5.92 Å². The predicted octanol–water partition coefficient (Wildman–Crippen LogP) is 2.14. The van der Waals surface area contributed by atoms with Gasteiger partial charge in [-0.15, -0.1) is 0 Å². The molecule has 21 heavy (non-hydrogen) atoms. The molecule has 1 rings (SSSR count). The molecule has 0 aromatic heterocycles. The van der Waals surface area contributed by atoms with E-state index >= 15 is 0 Å². The molecule has 1 amide bonds. The predicted molar refractivity (Wildman–Crippen MR) is 84.9 cm³/mol. The third-order valence-electron chi connectivity index (χ3n) is 3.42. The minimum Gasteiger partial charge on any atom is -0.371 e. The van der Waals surface area contributed by atoms with Gasteiger partial charge in [0.05, 0.1) is 11.6 Å². The van der Waals surface area contributed by atoms with Gasteiger partial charge >= 0.3 is 0 Å². The molecule has 2 N–H and O–H groups in total. The van der Waals surface area contributed by atoms with Crippen molar-refractivity contribution in [3.8, 4) is 0 Å². The molecule has 0 saturated heterocycles. The Morgan fingerprint density at radius 2 is 2.14 bits per heavy atom. The number of nitrogens with zero attached hydrogens (tertiary/aromatic N) is 1. The van der Waals surface area contributed by atoms with Gasteiger partial charge in [0.25, 0.3) is 0 Å². The monoisotopic (exact) mass is 295 g/mol. The smallest absolute Gasteiger partial charge is 0.224 e. The molecule has 0 radical (unpaired) electrons. The lowest BCUT2D eigenvalue weighted by molar-refractivity contribution is -0.123. The molecule has 1 atom stereocenters. The Kier molecular flexibility index (Phi) is 7.15. The van der Waals surface area contributed by atoms with Gasteiger partial charge in [-0.1, -0.05) is 19.9 Å². The fraction of sp³-hybridized carbons (Fsp3) is 0.562. The molecule has 1 aromatic rings. The number of halogens is 1. The first-order valence-corrected chi connectivity index (χ1v) is 7.41. The number of hydrogen-bond acceptors (Lipinski definition) is 3. The molecule has 0 bridgehead atoms. The summed E-state index contributed by atoms with van der Waals surface area (Å²) in [6.07, 6.45) is 1.06. The largest absolute Gasteiger partial charge is 0.371 e. The molecule has 1 aromatic carbocycles. The molecular formula is C16H26FN3O. The van der Waals surface area contributed by atoms with Gasteiger partial charge in [0, 0.05) is 27.2 Å². The van der Waals surface area contributed by atoms with E-state index in [2.05, 4.69) is 17.6 Å². The second-order valence-electron chi connectivity index (χ2n) is 5.36. The normalized spacial score (nSPS) is 12.0. The number of carbonyl (C=O) groups excluding carboxylic acids is 1.